The Balaban J connectivity index is 1.66. The Hall–Kier alpha value is -3.87. The predicted molar refractivity (Wildman–Crippen MR) is 112 cm³/mol. The summed E-state index contributed by atoms with van der Waals surface area (Å²) in [6, 6.07) is 17.4. The number of pyridine rings is 2. The van der Waals surface area contributed by atoms with Crippen LogP contribution in [0.2, 0.25) is 0 Å². The summed E-state index contributed by atoms with van der Waals surface area (Å²) in [5, 5.41) is 4.32. The second-order valence-corrected chi connectivity index (χ2v) is 6.66. The van der Waals surface area contributed by atoms with Gasteiger partial charge in [-0.2, -0.15) is 0 Å². The largest absolute Gasteiger partial charge is 0.481 e. The topological polar surface area (TPSA) is 106 Å². The molecular weight excluding hydrogens is 366 g/mol. The molecule has 0 saturated carbocycles. The van der Waals surface area contributed by atoms with Gasteiger partial charge in [-0.3, -0.25) is 9.78 Å². The Labute approximate surface area is 168 Å². The molecule has 1 atom stereocenters. The van der Waals surface area contributed by atoms with E-state index < -0.39 is 12.0 Å². The van der Waals surface area contributed by atoms with Crippen molar-refractivity contribution in [1.29, 1.82) is 0 Å². The highest BCUT2D eigenvalue weighted by atomic mass is 16.5. The molecule has 0 aliphatic rings. The molecule has 0 spiro atoms. The number of benzene rings is 1. The third-order valence-corrected chi connectivity index (χ3v) is 4.56. The van der Waals surface area contributed by atoms with Gasteiger partial charge in [0.15, 0.2) is 6.10 Å². The maximum atomic E-state index is 11.3. The normalized spacial score (nSPS) is 11.9. The number of aromatic amines is 1. The van der Waals surface area contributed by atoms with Gasteiger partial charge >= 0.3 is 0 Å². The van der Waals surface area contributed by atoms with Crippen LogP contribution in [0.5, 0.6) is 5.75 Å². The monoisotopic (exact) mass is 387 g/mol. The van der Waals surface area contributed by atoms with Crippen LogP contribution in [0.4, 0.5) is 5.82 Å². The number of H-pyrrole nitrogens is 1. The Morgan fingerprint density at radius 1 is 1.21 bits per heavy atom. The number of nitrogens with two attached hydrogens (primary N) is 1. The maximum Gasteiger partial charge on any atom is 0.258 e. The molecule has 146 valence electrons. The Bertz CT molecular complexity index is 1140. The van der Waals surface area contributed by atoms with Gasteiger partial charge in [-0.15, -0.1) is 0 Å². The molecule has 3 aromatic heterocycles. The fourth-order valence-corrected chi connectivity index (χ4v) is 3.05. The van der Waals surface area contributed by atoms with Crippen molar-refractivity contribution < 1.29 is 9.53 Å². The SMILES string of the molecule is CC(Oc1cccc(-c2cc(NCc3ccccn3)nc3[nH]ccc23)c1)C(N)=O. The number of nitrogens with one attached hydrogen (secondary N) is 2. The zero-order valence-corrected chi connectivity index (χ0v) is 15.9. The number of nitrogens with zero attached hydrogens (tertiary/aromatic N) is 2. The third-order valence-electron chi connectivity index (χ3n) is 4.56. The molecule has 0 radical (unpaired) electrons. The van der Waals surface area contributed by atoms with Crippen molar-refractivity contribution in [3.05, 3.63) is 72.7 Å². The molecule has 0 aliphatic carbocycles. The number of aromatic nitrogens is 3. The van der Waals surface area contributed by atoms with Gasteiger partial charge in [-0.1, -0.05) is 18.2 Å². The van der Waals surface area contributed by atoms with E-state index in [9.17, 15) is 4.79 Å². The Kier molecular flexibility index (Phi) is 5.11. The van der Waals surface area contributed by atoms with Gasteiger partial charge < -0.3 is 20.8 Å². The summed E-state index contributed by atoms with van der Waals surface area (Å²) in [5.41, 5.74) is 8.96. The van der Waals surface area contributed by atoms with Crippen molar-refractivity contribution in [2.24, 2.45) is 5.73 Å². The lowest BCUT2D eigenvalue weighted by Gasteiger charge is -2.13. The standard InChI is InChI=1S/C22H21N5O2/c1-14(21(23)28)29-17-7-4-5-15(11-17)19-12-20(27-22-18(19)8-10-25-22)26-13-16-6-2-3-9-24-16/h2-12,14H,13H2,1H3,(H2,23,28)(H2,25,26,27). The Morgan fingerprint density at radius 3 is 2.90 bits per heavy atom. The van der Waals surface area contributed by atoms with Gasteiger partial charge in [-0.25, -0.2) is 4.98 Å². The molecule has 29 heavy (non-hydrogen) atoms. The summed E-state index contributed by atoms with van der Waals surface area (Å²) in [6.07, 6.45) is 2.92. The van der Waals surface area contributed by atoms with E-state index in [0.29, 0.717) is 12.3 Å². The number of ether oxygens (including phenoxy) is 1. The van der Waals surface area contributed by atoms with Crippen LogP contribution >= 0.6 is 0 Å². The molecule has 7 heteroatoms. The van der Waals surface area contributed by atoms with Gasteiger partial charge in [0.1, 0.15) is 17.2 Å². The second-order valence-electron chi connectivity index (χ2n) is 6.66. The second kappa shape index (κ2) is 8.02. The summed E-state index contributed by atoms with van der Waals surface area (Å²) in [7, 11) is 0. The highest BCUT2D eigenvalue weighted by Crippen LogP contribution is 2.32. The number of fused-ring (bicyclic) bond motifs is 1. The summed E-state index contributed by atoms with van der Waals surface area (Å²) in [5.74, 6) is 0.808. The van der Waals surface area contributed by atoms with E-state index in [-0.39, 0.29) is 0 Å². The van der Waals surface area contributed by atoms with Gasteiger partial charge in [0.25, 0.3) is 5.91 Å². The summed E-state index contributed by atoms with van der Waals surface area (Å²) < 4.78 is 5.65. The number of anilines is 1. The molecule has 0 bridgehead atoms. The van der Waals surface area contributed by atoms with E-state index in [0.717, 1.165) is 33.7 Å². The van der Waals surface area contributed by atoms with Crippen LogP contribution in [0.25, 0.3) is 22.2 Å². The number of primary amides is 1. The summed E-state index contributed by atoms with van der Waals surface area (Å²) in [4.78, 5) is 23.4. The molecule has 3 heterocycles. The number of carbonyl (C=O) groups is 1. The Morgan fingerprint density at radius 2 is 2.10 bits per heavy atom. The van der Waals surface area contributed by atoms with Crippen LogP contribution in [0, 0.1) is 0 Å². The van der Waals surface area contributed by atoms with Crippen molar-refractivity contribution in [2.45, 2.75) is 19.6 Å². The minimum atomic E-state index is -0.703. The maximum absolute atomic E-state index is 11.3. The zero-order valence-electron chi connectivity index (χ0n) is 15.9. The summed E-state index contributed by atoms with van der Waals surface area (Å²) in [6.45, 7) is 2.20. The van der Waals surface area contributed by atoms with E-state index >= 15 is 0 Å². The van der Waals surface area contributed by atoms with Crippen molar-refractivity contribution in [3.8, 4) is 16.9 Å². The van der Waals surface area contributed by atoms with Gasteiger partial charge in [0, 0.05) is 17.8 Å². The van der Waals surface area contributed by atoms with Crippen LogP contribution in [-0.4, -0.2) is 27.0 Å². The average molecular weight is 387 g/mol. The van der Waals surface area contributed by atoms with Gasteiger partial charge in [-0.05, 0) is 54.4 Å². The van der Waals surface area contributed by atoms with E-state index in [2.05, 4.69) is 20.3 Å². The first-order valence-corrected chi connectivity index (χ1v) is 9.28. The molecule has 4 N–H and O–H groups in total. The molecule has 1 amide bonds. The zero-order chi connectivity index (χ0) is 20.2. The predicted octanol–water partition coefficient (Wildman–Crippen LogP) is 3.49. The lowest BCUT2D eigenvalue weighted by atomic mass is 10.0. The van der Waals surface area contributed by atoms with Gasteiger partial charge in [0.05, 0.1) is 12.2 Å². The first-order valence-electron chi connectivity index (χ1n) is 9.28. The van der Waals surface area contributed by atoms with Crippen LogP contribution in [-0.2, 0) is 11.3 Å². The molecule has 0 fully saturated rings. The third kappa shape index (κ3) is 4.19. The lowest BCUT2D eigenvalue weighted by molar-refractivity contribution is -0.123. The highest BCUT2D eigenvalue weighted by Gasteiger charge is 2.13. The quantitative estimate of drug-likeness (QED) is 0.450. The molecule has 0 saturated heterocycles. The van der Waals surface area contributed by atoms with E-state index in [1.807, 2.05) is 54.7 Å². The fraction of sp³-hybridized carbons (Fsp3) is 0.136. The molecule has 1 unspecified atom stereocenters. The van der Waals surface area contributed by atoms with Crippen LogP contribution in [0.3, 0.4) is 0 Å². The van der Waals surface area contributed by atoms with Crippen molar-refractivity contribution in [2.75, 3.05) is 5.32 Å². The number of amides is 1. The van der Waals surface area contributed by atoms with Crippen LogP contribution in [0.1, 0.15) is 12.6 Å². The van der Waals surface area contributed by atoms with Crippen LogP contribution in [0.15, 0.2) is 67.0 Å². The minimum Gasteiger partial charge on any atom is -0.481 e. The van der Waals surface area contributed by atoms with Crippen molar-refractivity contribution >= 4 is 22.8 Å². The minimum absolute atomic E-state index is 0.506. The van der Waals surface area contributed by atoms with E-state index in [4.69, 9.17) is 10.5 Å². The molecule has 7 nitrogen and oxygen atoms in total. The number of rotatable bonds is 7. The van der Waals surface area contributed by atoms with E-state index in [1.54, 1.807) is 19.2 Å². The molecule has 4 rings (SSSR count). The van der Waals surface area contributed by atoms with E-state index in [1.165, 1.54) is 0 Å². The highest BCUT2D eigenvalue weighted by molar-refractivity contribution is 5.95. The lowest BCUT2D eigenvalue weighted by Crippen LogP contribution is -2.30. The first-order chi connectivity index (χ1) is 14.1. The molecule has 0 aliphatic heterocycles. The molecular formula is C22H21N5O2. The molecule has 1 aromatic carbocycles. The summed E-state index contributed by atoms with van der Waals surface area (Å²) >= 11 is 0. The number of hydrogen-bond acceptors (Lipinski definition) is 5. The first kappa shape index (κ1) is 18.5. The molecule has 4 aromatic rings. The van der Waals surface area contributed by atoms with Crippen LogP contribution < -0.4 is 15.8 Å². The smallest absolute Gasteiger partial charge is 0.258 e. The van der Waals surface area contributed by atoms with Crippen molar-refractivity contribution in [1.82, 2.24) is 15.0 Å². The van der Waals surface area contributed by atoms with Gasteiger partial charge in [0.2, 0.25) is 0 Å². The fourth-order valence-electron chi connectivity index (χ4n) is 3.05. The average Bonchev–Trinajstić information content (AvgIpc) is 3.21. The number of hydrogen-bond donors (Lipinski definition) is 3. The van der Waals surface area contributed by atoms with Crippen molar-refractivity contribution in [3.63, 3.8) is 0 Å². The number of carbonyl (C=O) groups excluding carboxylic acids is 1.